The Kier molecular flexibility index (Phi) is 4.67. The van der Waals surface area contributed by atoms with E-state index < -0.39 is 12.6 Å². The molecule has 1 aromatic heterocycles. The van der Waals surface area contributed by atoms with Crippen LogP contribution in [0.3, 0.4) is 0 Å². The van der Waals surface area contributed by atoms with Crippen molar-refractivity contribution in [1.29, 1.82) is 0 Å². The highest BCUT2D eigenvalue weighted by molar-refractivity contribution is 5.05. The summed E-state index contributed by atoms with van der Waals surface area (Å²) >= 11 is 0. The topological polar surface area (TPSA) is 37.8 Å². The van der Waals surface area contributed by atoms with Gasteiger partial charge in [-0.3, -0.25) is 0 Å². The van der Waals surface area contributed by atoms with Gasteiger partial charge in [-0.05, 0) is 20.8 Å². The Hall–Kier alpha value is -1.17. The van der Waals surface area contributed by atoms with E-state index in [2.05, 4.69) is 15.3 Å². The third-order valence-electron chi connectivity index (χ3n) is 2.21. The zero-order valence-electron chi connectivity index (χ0n) is 10.8. The maximum atomic E-state index is 12.0. The lowest BCUT2D eigenvalue weighted by atomic mass is 10.1. The first kappa shape index (κ1) is 14.9. The van der Waals surface area contributed by atoms with Gasteiger partial charge in [-0.1, -0.05) is 0 Å². The fourth-order valence-corrected chi connectivity index (χ4v) is 1.22. The molecule has 0 bridgehead atoms. The van der Waals surface area contributed by atoms with Gasteiger partial charge >= 0.3 is 6.18 Å². The monoisotopic (exact) mass is 261 g/mol. The largest absolute Gasteiger partial charge is 0.389 e. The van der Waals surface area contributed by atoms with E-state index in [1.54, 1.807) is 12.4 Å². The predicted octanol–water partition coefficient (Wildman–Crippen LogP) is 2.86. The van der Waals surface area contributed by atoms with Gasteiger partial charge in [-0.25, -0.2) is 9.97 Å². The first-order chi connectivity index (χ1) is 8.16. The lowest BCUT2D eigenvalue weighted by Gasteiger charge is -2.20. The summed E-state index contributed by atoms with van der Waals surface area (Å²) in [6.45, 7) is 6.70. The average Bonchev–Trinajstić information content (AvgIpc) is 2.23. The van der Waals surface area contributed by atoms with Crippen LogP contribution in [0.25, 0.3) is 0 Å². The normalized spacial score (nSPS) is 12.8. The summed E-state index contributed by atoms with van der Waals surface area (Å²) in [6, 6.07) is 0. The van der Waals surface area contributed by atoms with Crippen molar-refractivity contribution in [3.8, 4) is 0 Å². The Labute approximate surface area is 105 Å². The van der Waals surface area contributed by atoms with Crippen LogP contribution in [0.5, 0.6) is 0 Å². The summed E-state index contributed by atoms with van der Waals surface area (Å²) in [7, 11) is 0. The molecule has 6 heteroatoms. The van der Waals surface area contributed by atoms with Gasteiger partial charge in [0.05, 0.1) is 6.42 Å². The number of halogens is 3. The quantitative estimate of drug-likeness (QED) is 0.905. The minimum absolute atomic E-state index is 0.0189. The van der Waals surface area contributed by atoms with Crippen molar-refractivity contribution < 1.29 is 13.2 Å². The molecule has 0 saturated heterocycles. The van der Waals surface area contributed by atoms with E-state index >= 15 is 0 Å². The summed E-state index contributed by atoms with van der Waals surface area (Å²) < 4.78 is 36.0. The van der Waals surface area contributed by atoms with Crippen molar-refractivity contribution >= 4 is 0 Å². The Balaban J connectivity index is 2.48. The van der Waals surface area contributed by atoms with Crippen LogP contribution in [-0.2, 0) is 13.0 Å². The van der Waals surface area contributed by atoms with E-state index in [0.29, 0.717) is 6.54 Å². The summed E-state index contributed by atoms with van der Waals surface area (Å²) in [4.78, 5) is 7.86. The van der Waals surface area contributed by atoms with Crippen LogP contribution in [0, 0.1) is 0 Å². The second-order valence-corrected chi connectivity index (χ2v) is 5.23. The molecule has 0 aromatic carbocycles. The smallest absolute Gasteiger partial charge is 0.308 e. The number of hydrogen-bond donors (Lipinski definition) is 1. The van der Waals surface area contributed by atoms with E-state index in [1.165, 1.54) is 0 Å². The fraction of sp³-hybridized carbons (Fsp3) is 0.667. The molecule has 3 nitrogen and oxygen atoms in total. The van der Waals surface area contributed by atoms with Crippen LogP contribution in [0.2, 0.25) is 0 Å². The molecule has 102 valence electrons. The minimum Gasteiger partial charge on any atom is -0.308 e. The predicted molar refractivity (Wildman–Crippen MR) is 63.0 cm³/mol. The first-order valence-electron chi connectivity index (χ1n) is 5.77. The molecule has 0 amide bonds. The second-order valence-electron chi connectivity index (χ2n) is 5.23. The van der Waals surface area contributed by atoms with E-state index in [4.69, 9.17) is 0 Å². The Morgan fingerprint density at radius 2 is 1.67 bits per heavy atom. The summed E-state index contributed by atoms with van der Waals surface area (Å²) in [5.74, 6) is 0.229. The van der Waals surface area contributed by atoms with Crippen LogP contribution < -0.4 is 5.32 Å². The van der Waals surface area contributed by atoms with Crippen molar-refractivity contribution in [3.63, 3.8) is 0 Å². The molecule has 1 aromatic rings. The van der Waals surface area contributed by atoms with Crippen molar-refractivity contribution in [1.82, 2.24) is 15.3 Å². The highest BCUT2D eigenvalue weighted by Gasteiger charge is 2.26. The summed E-state index contributed by atoms with van der Waals surface area (Å²) in [5, 5.41) is 3.25. The van der Waals surface area contributed by atoms with E-state index in [0.717, 1.165) is 5.56 Å². The van der Waals surface area contributed by atoms with Crippen molar-refractivity contribution in [3.05, 3.63) is 23.8 Å². The molecular formula is C12H18F3N3. The SMILES string of the molecule is CC(C)(C)NCc1cnc(CCC(F)(F)F)nc1. The molecular weight excluding hydrogens is 243 g/mol. The average molecular weight is 261 g/mol. The molecule has 0 radical (unpaired) electrons. The standard InChI is InChI=1S/C12H18F3N3/c1-11(2,3)18-8-9-6-16-10(17-7-9)4-5-12(13,14)15/h6-7,18H,4-5,8H2,1-3H3. The number of aryl methyl sites for hydroxylation is 1. The lowest BCUT2D eigenvalue weighted by molar-refractivity contribution is -0.134. The molecule has 0 spiro atoms. The molecule has 0 aliphatic rings. The van der Waals surface area contributed by atoms with Crippen LogP contribution in [-0.4, -0.2) is 21.7 Å². The third-order valence-corrected chi connectivity index (χ3v) is 2.21. The van der Waals surface area contributed by atoms with Gasteiger partial charge in [-0.2, -0.15) is 13.2 Å². The number of nitrogens with one attached hydrogen (secondary N) is 1. The number of alkyl halides is 3. The van der Waals surface area contributed by atoms with E-state index in [1.807, 2.05) is 20.8 Å². The van der Waals surface area contributed by atoms with Gasteiger partial charge in [0.2, 0.25) is 0 Å². The van der Waals surface area contributed by atoms with Gasteiger partial charge in [0.1, 0.15) is 5.82 Å². The van der Waals surface area contributed by atoms with Gasteiger partial charge < -0.3 is 5.32 Å². The molecule has 1 N–H and O–H groups in total. The minimum atomic E-state index is -4.16. The molecule has 1 heterocycles. The van der Waals surface area contributed by atoms with Crippen molar-refractivity contribution in [2.75, 3.05) is 0 Å². The second kappa shape index (κ2) is 5.65. The molecule has 0 aliphatic heterocycles. The fourth-order valence-electron chi connectivity index (χ4n) is 1.22. The van der Waals surface area contributed by atoms with E-state index in [9.17, 15) is 13.2 Å². The van der Waals surface area contributed by atoms with Crippen molar-refractivity contribution in [2.24, 2.45) is 0 Å². The van der Waals surface area contributed by atoms with E-state index in [-0.39, 0.29) is 17.8 Å². The Morgan fingerprint density at radius 1 is 1.11 bits per heavy atom. The number of nitrogens with zero attached hydrogens (tertiary/aromatic N) is 2. The zero-order valence-corrected chi connectivity index (χ0v) is 10.8. The lowest BCUT2D eigenvalue weighted by Crippen LogP contribution is -2.35. The molecule has 0 unspecified atom stereocenters. The highest BCUT2D eigenvalue weighted by atomic mass is 19.4. The Bertz CT molecular complexity index is 329. The molecule has 0 aliphatic carbocycles. The maximum Gasteiger partial charge on any atom is 0.389 e. The molecule has 0 fully saturated rings. The molecule has 0 atom stereocenters. The zero-order chi connectivity index (χ0) is 13.8. The van der Waals surface area contributed by atoms with Gasteiger partial charge in [0.25, 0.3) is 0 Å². The van der Waals surface area contributed by atoms with Crippen LogP contribution in [0.1, 0.15) is 38.6 Å². The highest BCUT2D eigenvalue weighted by Crippen LogP contribution is 2.20. The van der Waals surface area contributed by atoms with Crippen LogP contribution in [0.4, 0.5) is 13.2 Å². The summed E-state index contributed by atoms with van der Waals surface area (Å²) in [6.07, 6.45) is -2.08. The van der Waals surface area contributed by atoms with Crippen molar-refractivity contribution in [2.45, 2.75) is 51.9 Å². The van der Waals surface area contributed by atoms with Gasteiger partial charge in [-0.15, -0.1) is 0 Å². The van der Waals surface area contributed by atoms with Gasteiger partial charge in [0, 0.05) is 36.5 Å². The number of hydrogen-bond acceptors (Lipinski definition) is 3. The Morgan fingerprint density at radius 3 is 2.11 bits per heavy atom. The number of aromatic nitrogens is 2. The van der Waals surface area contributed by atoms with Crippen LogP contribution in [0.15, 0.2) is 12.4 Å². The summed E-state index contributed by atoms with van der Waals surface area (Å²) in [5.41, 5.74) is 0.843. The maximum absolute atomic E-state index is 12.0. The number of rotatable bonds is 4. The third kappa shape index (κ3) is 6.54. The van der Waals surface area contributed by atoms with Crippen LogP contribution >= 0.6 is 0 Å². The first-order valence-corrected chi connectivity index (χ1v) is 5.77. The van der Waals surface area contributed by atoms with Gasteiger partial charge in [0.15, 0.2) is 0 Å². The molecule has 18 heavy (non-hydrogen) atoms. The molecule has 1 rings (SSSR count). The molecule has 0 saturated carbocycles.